The number of nitrogens with zero attached hydrogens (tertiary/aromatic N) is 2. The molecule has 1 atom stereocenters. The van der Waals surface area contributed by atoms with Crippen LogP contribution < -0.4 is 10.2 Å². The van der Waals surface area contributed by atoms with Gasteiger partial charge in [-0.1, -0.05) is 45.0 Å². The zero-order chi connectivity index (χ0) is 23.4. The second kappa shape index (κ2) is 9.79. The van der Waals surface area contributed by atoms with Gasteiger partial charge in [0.05, 0.1) is 18.0 Å². The first-order chi connectivity index (χ1) is 15.8. The molecule has 0 aliphatic carbocycles. The van der Waals surface area contributed by atoms with E-state index in [0.29, 0.717) is 30.9 Å². The van der Waals surface area contributed by atoms with Crippen molar-refractivity contribution in [2.24, 2.45) is 0 Å². The Labute approximate surface area is 195 Å². The Morgan fingerprint density at radius 2 is 1.70 bits per heavy atom. The fourth-order valence-corrected chi connectivity index (χ4v) is 4.29. The molecule has 0 spiro atoms. The molecule has 1 saturated heterocycles. The minimum Gasteiger partial charge on any atom is -0.468 e. The molecule has 2 heterocycles. The van der Waals surface area contributed by atoms with Crippen molar-refractivity contribution in [2.75, 3.05) is 37.6 Å². The molecule has 3 aromatic rings. The van der Waals surface area contributed by atoms with Crippen molar-refractivity contribution in [2.45, 2.75) is 32.2 Å². The van der Waals surface area contributed by atoms with Crippen LogP contribution in [0.3, 0.4) is 0 Å². The highest BCUT2D eigenvalue weighted by atomic mass is 19.1. The zero-order valence-corrected chi connectivity index (χ0v) is 19.6. The van der Waals surface area contributed by atoms with Crippen LogP contribution in [-0.2, 0) is 5.41 Å². The minimum absolute atomic E-state index is 0.0458. The lowest BCUT2D eigenvalue weighted by molar-refractivity contribution is 0.0922. The number of para-hydroxylation sites is 1. The Bertz CT molecular complexity index is 1050. The zero-order valence-electron chi connectivity index (χ0n) is 19.6. The molecule has 2 aromatic carbocycles. The molecule has 1 aliphatic heterocycles. The molecule has 0 radical (unpaired) electrons. The lowest BCUT2D eigenvalue weighted by atomic mass is 9.87. The van der Waals surface area contributed by atoms with Crippen LogP contribution in [0.5, 0.6) is 0 Å². The van der Waals surface area contributed by atoms with E-state index in [1.807, 2.05) is 48.5 Å². The number of halogens is 1. The smallest absolute Gasteiger partial charge is 0.251 e. The SMILES string of the molecule is CC(C)(C)c1ccc(C(=O)NCC(c2ccco2)N2CCN(c3ccccc3F)CC2)cc1. The van der Waals surface area contributed by atoms with Gasteiger partial charge in [0.15, 0.2) is 0 Å². The first-order valence-electron chi connectivity index (χ1n) is 11.5. The van der Waals surface area contributed by atoms with E-state index in [9.17, 15) is 9.18 Å². The number of rotatable bonds is 6. The summed E-state index contributed by atoms with van der Waals surface area (Å²) in [6, 6.07) is 18.4. The Balaban J connectivity index is 1.40. The topological polar surface area (TPSA) is 48.7 Å². The highest BCUT2D eigenvalue weighted by molar-refractivity contribution is 5.94. The van der Waals surface area contributed by atoms with Gasteiger partial charge >= 0.3 is 0 Å². The number of carbonyl (C=O) groups is 1. The number of hydrogen-bond acceptors (Lipinski definition) is 4. The van der Waals surface area contributed by atoms with E-state index < -0.39 is 0 Å². The predicted octanol–water partition coefficient (Wildman–Crippen LogP) is 5.01. The summed E-state index contributed by atoms with van der Waals surface area (Å²) < 4.78 is 19.9. The van der Waals surface area contributed by atoms with E-state index in [4.69, 9.17) is 4.42 Å². The van der Waals surface area contributed by atoms with Gasteiger partial charge in [0.25, 0.3) is 5.91 Å². The van der Waals surface area contributed by atoms with Gasteiger partial charge in [0.1, 0.15) is 11.6 Å². The lowest BCUT2D eigenvalue weighted by Crippen LogP contribution is -2.50. The fraction of sp³-hybridized carbons (Fsp3) is 0.370. The van der Waals surface area contributed by atoms with Gasteiger partial charge in [-0.15, -0.1) is 0 Å². The predicted molar refractivity (Wildman–Crippen MR) is 129 cm³/mol. The van der Waals surface area contributed by atoms with E-state index in [-0.39, 0.29) is 23.2 Å². The molecular formula is C27H32FN3O2. The third-order valence-corrected chi connectivity index (χ3v) is 6.29. The average Bonchev–Trinajstić information content (AvgIpc) is 3.34. The van der Waals surface area contributed by atoms with Crippen molar-refractivity contribution in [3.8, 4) is 0 Å². The van der Waals surface area contributed by atoms with Crippen LogP contribution in [0, 0.1) is 5.82 Å². The molecule has 1 fully saturated rings. The third-order valence-electron chi connectivity index (χ3n) is 6.29. The first kappa shape index (κ1) is 23.1. The summed E-state index contributed by atoms with van der Waals surface area (Å²) in [5.74, 6) is 0.521. The van der Waals surface area contributed by atoms with Crippen LogP contribution in [0.4, 0.5) is 10.1 Å². The maximum Gasteiger partial charge on any atom is 0.251 e. The van der Waals surface area contributed by atoms with Crippen molar-refractivity contribution in [3.63, 3.8) is 0 Å². The molecule has 174 valence electrons. The number of amides is 1. The van der Waals surface area contributed by atoms with Crippen LogP contribution in [-0.4, -0.2) is 43.5 Å². The maximum atomic E-state index is 14.2. The summed E-state index contributed by atoms with van der Waals surface area (Å²) in [6.45, 7) is 9.81. The van der Waals surface area contributed by atoms with Gasteiger partial charge in [0, 0.05) is 38.3 Å². The number of nitrogens with one attached hydrogen (secondary N) is 1. The lowest BCUT2D eigenvalue weighted by Gasteiger charge is -2.39. The van der Waals surface area contributed by atoms with Crippen LogP contribution in [0.2, 0.25) is 0 Å². The Morgan fingerprint density at radius 1 is 1.00 bits per heavy atom. The summed E-state index contributed by atoms with van der Waals surface area (Å²) in [5.41, 5.74) is 2.52. The van der Waals surface area contributed by atoms with Crippen molar-refractivity contribution in [1.29, 1.82) is 0 Å². The molecule has 33 heavy (non-hydrogen) atoms. The highest BCUT2D eigenvalue weighted by Crippen LogP contribution is 2.26. The van der Waals surface area contributed by atoms with Crippen LogP contribution in [0.15, 0.2) is 71.3 Å². The van der Waals surface area contributed by atoms with E-state index in [1.165, 1.54) is 11.6 Å². The number of hydrogen-bond donors (Lipinski definition) is 1. The second-order valence-electron chi connectivity index (χ2n) is 9.54. The van der Waals surface area contributed by atoms with E-state index in [2.05, 4.69) is 35.9 Å². The molecule has 1 amide bonds. The minimum atomic E-state index is -0.196. The van der Waals surface area contributed by atoms with E-state index in [0.717, 1.165) is 18.8 Å². The van der Waals surface area contributed by atoms with E-state index in [1.54, 1.807) is 12.3 Å². The second-order valence-corrected chi connectivity index (χ2v) is 9.54. The van der Waals surface area contributed by atoms with Crippen molar-refractivity contribution < 1.29 is 13.6 Å². The normalized spacial score (nSPS) is 15.9. The van der Waals surface area contributed by atoms with E-state index >= 15 is 0 Å². The molecule has 6 heteroatoms. The largest absolute Gasteiger partial charge is 0.468 e. The molecular weight excluding hydrogens is 417 g/mol. The van der Waals surface area contributed by atoms with Gasteiger partial charge in [0.2, 0.25) is 0 Å². The third kappa shape index (κ3) is 5.45. The van der Waals surface area contributed by atoms with Gasteiger partial charge < -0.3 is 14.6 Å². The molecule has 1 aromatic heterocycles. The van der Waals surface area contributed by atoms with Crippen LogP contribution >= 0.6 is 0 Å². The van der Waals surface area contributed by atoms with Crippen LogP contribution in [0.25, 0.3) is 0 Å². The average molecular weight is 450 g/mol. The molecule has 0 bridgehead atoms. The molecule has 5 nitrogen and oxygen atoms in total. The summed E-state index contributed by atoms with van der Waals surface area (Å²) >= 11 is 0. The van der Waals surface area contributed by atoms with Gasteiger partial charge in [-0.05, 0) is 47.4 Å². The molecule has 1 unspecified atom stereocenters. The number of anilines is 1. The Hall–Kier alpha value is -3.12. The summed E-state index contributed by atoms with van der Waals surface area (Å²) in [5, 5.41) is 3.08. The Kier molecular flexibility index (Phi) is 6.84. The highest BCUT2D eigenvalue weighted by Gasteiger charge is 2.28. The van der Waals surface area contributed by atoms with Gasteiger partial charge in [-0.3, -0.25) is 9.69 Å². The number of furan rings is 1. The standard InChI is InChI=1S/C27H32FN3O2/c1-27(2,3)21-12-10-20(11-13-21)26(32)29-19-24(25-9-6-18-33-25)31-16-14-30(15-17-31)23-8-5-4-7-22(23)28/h4-13,18,24H,14-17,19H2,1-3H3,(H,29,32). The van der Waals surface area contributed by atoms with Crippen LogP contribution in [0.1, 0.15) is 48.5 Å². The summed E-state index contributed by atoms with van der Waals surface area (Å²) in [7, 11) is 0. The van der Waals surface area contributed by atoms with Crippen molar-refractivity contribution in [1.82, 2.24) is 10.2 Å². The number of carbonyl (C=O) groups excluding carboxylic acids is 1. The molecule has 1 aliphatic rings. The van der Waals surface area contributed by atoms with Crippen molar-refractivity contribution in [3.05, 3.63) is 89.6 Å². The summed E-state index contributed by atoms with van der Waals surface area (Å²) in [4.78, 5) is 17.2. The Morgan fingerprint density at radius 3 is 2.30 bits per heavy atom. The monoisotopic (exact) mass is 449 g/mol. The number of piperazine rings is 1. The molecule has 0 saturated carbocycles. The molecule has 1 N–H and O–H groups in total. The first-order valence-corrected chi connectivity index (χ1v) is 11.5. The maximum absolute atomic E-state index is 14.2. The summed E-state index contributed by atoms with van der Waals surface area (Å²) in [6.07, 6.45) is 1.66. The quantitative estimate of drug-likeness (QED) is 0.575. The van der Waals surface area contributed by atoms with Gasteiger partial charge in [-0.25, -0.2) is 4.39 Å². The fourth-order valence-electron chi connectivity index (χ4n) is 4.29. The number of benzene rings is 2. The van der Waals surface area contributed by atoms with Crippen molar-refractivity contribution >= 4 is 11.6 Å². The molecule has 4 rings (SSSR count). The van der Waals surface area contributed by atoms with Gasteiger partial charge in [-0.2, -0.15) is 0 Å².